The Labute approximate surface area is 95.7 Å². The summed E-state index contributed by atoms with van der Waals surface area (Å²) in [6, 6.07) is 6.73. The molecule has 88 valence electrons. The molecular formula is C11H11N3O3. The molecule has 6 heteroatoms. The maximum Gasteiger partial charge on any atom is 0.297 e. The average Bonchev–Trinajstić information content (AvgIpc) is 2.42. The fourth-order valence-corrected chi connectivity index (χ4v) is 1.74. The Bertz CT molecular complexity index is 771. The van der Waals surface area contributed by atoms with Crippen LogP contribution < -0.4 is 16.6 Å². The van der Waals surface area contributed by atoms with Gasteiger partial charge in [-0.2, -0.15) is 0 Å². The van der Waals surface area contributed by atoms with E-state index in [0.29, 0.717) is 10.9 Å². The number of hydrogen-bond donors (Lipinski definition) is 1. The highest BCUT2D eigenvalue weighted by atomic mass is 16.4. The fourth-order valence-electron chi connectivity index (χ4n) is 1.74. The number of aryl methyl sites for hydroxylation is 1. The van der Waals surface area contributed by atoms with E-state index in [0.717, 1.165) is 4.57 Å². The van der Waals surface area contributed by atoms with Crippen LogP contribution in [0.4, 0.5) is 0 Å². The van der Waals surface area contributed by atoms with Gasteiger partial charge in [-0.1, -0.05) is 17.3 Å². The molecule has 0 atom stereocenters. The molecule has 0 aliphatic heterocycles. The first-order valence-corrected chi connectivity index (χ1v) is 4.95. The summed E-state index contributed by atoms with van der Waals surface area (Å²) in [5, 5.41) is 12.1. The zero-order chi connectivity index (χ0) is 12.6. The van der Waals surface area contributed by atoms with Crippen LogP contribution in [0.2, 0.25) is 0 Å². The van der Waals surface area contributed by atoms with Crippen LogP contribution in [0.1, 0.15) is 0 Å². The first-order valence-electron chi connectivity index (χ1n) is 4.95. The van der Waals surface area contributed by atoms with E-state index in [1.807, 2.05) is 0 Å². The minimum absolute atomic E-state index is 0.297. The second-order valence-electron chi connectivity index (χ2n) is 3.67. The minimum Gasteiger partial charge on any atom is -0.409 e. The van der Waals surface area contributed by atoms with Crippen LogP contribution in [-0.2, 0) is 14.1 Å². The van der Waals surface area contributed by atoms with Crippen molar-refractivity contribution in [1.82, 2.24) is 9.13 Å². The van der Waals surface area contributed by atoms with Crippen LogP contribution in [-0.4, -0.2) is 14.3 Å². The number of rotatable bonds is 0. The van der Waals surface area contributed by atoms with Crippen LogP contribution in [0.15, 0.2) is 39.0 Å². The summed E-state index contributed by atoms with van der Waals surface area (Å²) in [6.07, 6.45) is 0. The van der Waals surface area contributed by atoms with Crippen molar-refractivity contribution in [2.45, 2.75) is 0 Å². The van der Waals surface area contributed by atoms with Gasteiger partial charge < -0.3 is 9.77 Å². The molecule has 0 aliphatic rings. The quantitative estimate of drug-likeness (QED) is 0.493. The zero-order valence-corrected chi connectivity index (χ0v) is 9.41. The Morgan fingerprint density at radius 3 is 2.35 bits per heavy atom. The lowest BCUT2D eigenvalue weighted by molar-refractivity contribution is 0.293. The van der Waals surface area contributed by atoms with Crippen molar-refractivity contribution < 1.29 is 5.21 Å². The second-order valence-corrected chi connectivity index (χ2v) is 3.67. The summed E-state index contributed by atoms with van der Waals surface area (Å²) in [5.74, 6) is 0. The molecule has 0 spiro atoms. The Kier molecular flexibility index (Phi) is 2.55. The summed E-state index contributed by atoms with van der Waals surface area (Å²) in [4.78, 5) is 24.0. The van der Waals surface area contributed by atoms with Gasteiger partial charge in [0.25, 0.3) is 11.1 Å². The molecule has 0 saturated carbocycles. The van der Waals surface area contributed by atoms with Crippen molar-refractivity contribution >= 4 is 10.9 Å². The van der Waals surface area contributed by atoms with E-state index >= 15 is 0 Å². The molecule has 1 N–H and O–H groups in total. The van der Waals surface area contributed by atoms with Gasteiger partial charge in [-0.3, -0.25) is 14.2 Å². The average molecular weight is 233 g/mol. The van der Waals surface area contributed by atoms with Crippen LogP contribution in [0.5, 0.6) is 0 Å². The highest BCUT2D eigenvalue weighted by Gasteiger charge is 2.06. The lowest BCUT2D eigenvalue weighted by Crippen LogP contribution is -2.40. The minimum atomic E-state index is -0.534. The molecule has 0 bridgehead atoms. The molecular weight excluding hydrogens is 222 g/mol. The molecule has 1 aromatic carbocycles. The van der Waals surface area contributed by atoms with E-state index in [9.17, 15) is 9.59 Å². The Morgan fingerprint density at radius 2 is 1.71 bits per heavy atom. The highest BCUT2D eigenvalue weighted by Crippen LogP contribution is 2.03. The van der Waals surface area contributed by atoms with Crippen molar-refractivity contribution in [2.75, 3.05) is 0 Å². The summed E-state index contributed by atoms with van der Waals surface area (Å²) in [5.41, 5.74) is -0.721. The molecule has 0 unspecified atom stereocenters. The van der Waals surface area contributed by atoms with Gasteiger partial charge >= 0.3 is 0 Å². The molecule has 17 heavy (non-hydrogen) atoms. The number of hydrogen-bond acceptors (Lipinski definition) is 4. The van der Waals surface area contributed by atoms with E-state index in [4.69, 9.17) is 5.21 Å². The van der Waals surface area contributed by atoms with Crippen molar-refractivity contribution in [1.29, 1.82) is 0 Å². The summed E-state index contributed by atoms with van der Waals surface area (Å²) in [7, 11) is 2.92. The first-order chi connectivity index (χ1) is 8.07. The number of fused-ring (bicyclic) bond motifs is 1. The molecule has 2 aromatic rings. The predicted molar refractivity (Wildman–Crippen MR) is 61.8 cm³/mol. The van der Waals surface area contributed by atoms with Gasteiger partial charge in [0.1, 0.15) is 0 Å². The topological polar surface area (TPSA) is 76.6 Å². The van der Waals surface area contributed by atoms with Gasteiger partial charge in [-0.25, -0.2) is 0 Å². The predicted octanol–water partition coefficient (Wildman–Crippen LogP) is -0.473. The van der Waals surface area contributed by atoms with Crippen molar-refractivity contribution in [3.8, 4) is 0 Å². The molecule has 1 heterocycles. The molecule has 2 rings (SSSR count). The third-order valence-electron chi connectivity index (χ3n) is 2.71. The van der Waals surface area contributed by atoms with E-state index in [-0.39, 0.29) is 11.0 Å². The third kappa shape index (κ3) is 1.54. The number of para-hydroxylation sites is 1. The lowest BCUT2D eigenvalue weighted by Gasteiger charge is -1.96. The fraction of sp³-hybridized carbons (Fsp3) is 0.182. The molecule has 0 radical (unpaired) electrons. The summed E-state index contributed by atoms with van der Waals surface area (Å²) in [6.45, 7) is 0. The van der Waals surface area contributed by atoms with Gasteiger partial charge in [-0.15, -0.1) is 0 Å². The second kappa shape index (κ2) is 3.89. The number of benzene rings is 1. The SMILES string of the molecule is Cn1c(=NO)c(=O)n(C)c2ccccc2c1=O. The summed E-state index contributed by atoms with van der Waals surface area (Å²) < 4.78 is 2.32. The largest absolute Gasteiger partial charge is 0.409 e. The van der Waals surface area contributed by atoms with E-state index < -0.39 is 5.56 Å². The zero-order valence-electron chi connectivity index (χ0n) is 9.41. The molecule has 0 aliphatic carbocycles. The smallest absolute Gasteiger partial charge is 0.297 e. The van der Waals surface area contributed by atoms with Crippen molar-refractivity contribution in [2.24, 2.45) is 19.3 Å². The third-order valence-corrected chi connectivity index (χ3v) is 2.71. The van der Waals surface area contributed by atoms with Crippen LogP contribution >= 0.6 is 0 Å². The molecule has 0 saturated heterocycles. The van der Waals surface area contributed by atoms with Crippen LogP contribution in [0.25, 0.3) is 10.9 Å². The van der Waals surface area contributed by atoms with Crippen molar-refractivity contribution in [3.05, 3.63) is 50.5 Å². The molecule has 0 amide bonds. The maximum absolute atomic E-state index is 12.1. The monoisotopic (exact) mass is 233 g/mol. The van der Waals surface area contributed by atoms with E-state index in [2.05, 4.69) is 5.16 Å². The summed E-state index contributed by atoms with van der Waals surface area (Å²) >= 11 is 0. The normalized spacial score (nSPS) is 12.0. The Morgan fingerprint density at radius 1 is 1.06 bits per heavy atom. The Hall–Kier alpha value is -2.37. The van der Waals surface area contributed by atoms with E-state index in [1.165, 1.54) is 18.7 Å². The Balaban J connectivity index is 3.36. The number of nitrogens with zero attached hydrogens (tertiary/aromatic N) is 3. The number of aromatic nitrogens is 2. The van der Waals surface area contributed by atoms with Gasteiger partial charge in [0.15, 0.2) is 0 Å². The molecule has 0 fully saturated rings. The van der Waals surface area contributed by atoms with Gasteiger partial charge in [0, 0.05) is 14.1 Å². The molecule has 6 nitrogen and oxygen atoms in total. The van der Waals surface area contributed by atoms with Crippen LogP contribution in [0, 0.1) is 0 Å². The maximum atomic E-state index is 12.1. The first kappa shape index (κ1) is 11.1. The van der Waals surface area contributed by atoms with Crippen LogP contribution in [0.3, 0.4) is 0 Å². The van der Waals surface area contributed by atoms with E-state index in [1.54, 1.807) is 24.3 Å². The standard InChI is InChI=1S/C11H11N3O3/c1-13-8-6-4-3-5-7(8)10(15)14(2)9(12-17)11(13)16/h3-6,17H,1-2H3. The van der Waals surface area contributed by atoms with Gasteiger partial charge in [-0.05, 0) is 12.1 Å². The molecule has 1 aromatic heterocycles. The lowest BCUT2D eigenvalue weighted by atomic mass is 10.2. The van der Waals surface area contributed by atoms with Gasteiger partial charge in [0.05, 0.1) is 10.9 Å². The van der Waals surface area contributed by atoms with Gasteiger partial charge in [0.2, 0.25) is 5.49 Å². The van der Waals surface area contributed by atoms with Crippen molar-refractivity contribution in [3.63, 3.8) is 0 Å². The highest BCUT2D eigenvalue weighted by molar-refractivity contribution is 5.77.